The Balaban J connectivity index is 2.93. The van der Waals surface area contributed by atoms with Gasteiger partial charge in [-0.05, 0) is 36.8 Å². The molecule has 0 aliphatic carbocycles. The Morgan fingerprint density at radius 2 is 1.90 bits per heavy atom. The van der Waals surface area contributed by atoms with E-state index in [0.29, 0.717) is 30.9 Å². The first-order valence-electron chi connectivity index (χ1n) is 7.12. The van der Waals surface area contributed by atoms with Crippen molar-refractivity contribution in [1.82, 2.24) is 4.72 Å². The molecule has 0 aliphatic rings. The number of benzene rings is 1. The van der Waals surface area contributed by atoms with Crippen molar-refractivity contribution in [1.29, 1.82) is 0 Å². The Bertz CT molecular complexity index is 512. The maximum atomic E-state index is 12.2. The Hall–Kier alpha value is -0.910. The third kappa shape index (κ3) is 5.23. The van der Waals surface area contributed by atoms with E-state index in [2.05, 4.69) is 4.72 Å². The molecule has 1 atom stereocenters. The van der Waals surface area contributed by atoms with Crippen LogP contribution >= 0.6 is 0 Å². The first-order chi connectivity index (χ1) is 9.36. The van der Waals surface area contributed by atoms with Crippen LogP contribution in [0.25, 0.3) is 0 Å². The van der Waals surface area contributed by atoms with E-state index >= 15 is 0 Å². The quantitative estimate of drug-likeness (QED) is 0.774. The molecule has 0 aromatic heterocycles. The summed E-state index contributed by atoms with van der Waals surface area (Å²) in [7, 11) is -3.49. The molecular formula is C15H25NO3S. The van der Waals surface area contributed by atoms with Crippen molar-refractivity contribution in [2.24, 2.45) is 5.92 Å². The van der Waals surface area contributed by atoms with Gasteiger partial charge in [-0.1, -0.05) is 39.0 Å². The SMILES string of the molecule is CCCNS(=O)(=O)c1ccccc1CC(O)CC(C)C. The molecule has 2 N–H and O–H groups in total. The molecule has 0 bridgehead atoms. The molecule has 1 aromatic carbocycles. The number of aliphatic hydroxyl groups is 1. The predicted octanol–water partition coefficient (Wildman–Crippen LogP) is 2.32. The van der Waals surface area contributed by atoms with E-state index in [1.807, 2.05) is 20.8 Å². The van der Waals surface area contributed by atoms with Crippen LogP contribution in [0.3, 0.4) is 0 Å². The predicted molar refractivity (Wildman–Crippen MR) is 81.1 cm³/mol. The summed E-state index contributed by atoms with van der Waals surface area (Å²) < 4.78 is 27.0. The highest BCUT2D eigenvalue weighted by atomic mass is 32.2. The normalized spacial score (nSPS) is 13.7. The van der Waals surface area contributed by atoms with E-state index in [9.17, 15) is 13.5 Å². The standard InChI is InChI=1S/C15H25NO3S/c1-4-9-16-20(18,19)15-8-6-5-7-13(15)11-14(17)10-12(2)3/h5-8,12,14,16-17H,4,9-11H2,1-3H3. The molecule has 5 heteroatoms. The minimum absolute atomic E-state index is 0.274. The Labute approximate surface area is 122 Å². The molecule has 114 valence electrons. The average molecular weight is 299 g/mol. The van der Waals surface area contributed by atoms with Gasteiger partial charge in [0.1, 0.15) is 0 Å². The zero-order valence-electron chi connectivity index (χ0n) is 12.5. The maximum absolute atomic E-state index is 12.2. The molecule has 0 radical (unpaired) electrons. The third-order valence-corrected chi connectivity index (χ3v) is 4.56. The van der Waals surface area contributed by atoms with E-state index in [4.69, 9.17) is 0 Å². The molecule has 0 fully saturated rings. The summed E-state index contributed by atoms with van der Waals surface area (Å²) >= 11 is 0. The molecule has 0 spiro atoms. The van der Waals surface area contributed by atoms with Crippen LogP contribution in [0.2, 0.25) is 0 Å². The van der Waals surface area contributed by atoms with Crippen LogP contribution in [0.4, 0.5) is 0 Å². The summed E-state index contributed by atoms with van der Waals surface area (Å²) in [4.78, 5) is 0.274. The van der Waals surface area contributed by atoms with Crippen molar-refractivity contribution in [2.75, 3.05) is 6.54 Å². The number of aliphatic hydroxyl groups excluding tert-OH is 1. The fourth-order valence-corrected chi connectivity index (χ4v) is 3.51. The summed E-state index contributed by atoms with van der Waals surface area (Å²) in [5.74, 6) is 0.381. The van der Waals surface area contributed by atoms with E-state index < -0.39 is 16.1 Å². The fourth-order valence-electron chi connectivity index (χ4n) is 2.13. The van der Waals surface area contributed by atoms with Gasteiger partial charge in [0.2, 0.25) is 10.0 Å². The van der Waals surface area contributed by atoms with Crippen LogP contribution in [0.15, 0.2) is 29.2 Å². The van der Waals surface area contributed by atoms with Crippen molar-refractivity contribution in [3.05, 3.63) is 29.8 Å². The van der Waals surface area contributed by atoms with Crippen LogP contribution in [0.5, 0.6) is 0 Å². The van der Waals surface area contributed by atoms with Gasteiger partial charge in [-0.25, -0.2) is 13.1 Å². The monoisotopic (exact) mass is 299 g/mol. The molecule has 0 saturated carbocycles. The first-order valence-corrected chi connectivity index (χ1v) is 8.60. The lowest BCUT2D eigenvalue weighted by molar-refractivity contribution is 0.148. The number of rotatable bonds is 8. The molecule has 20 heavy (non-hydrogen) atoms. The Morgan fingerprint density at radius 3 is 2.50 bits per heavy atom. The second-order valence-electron chi connectivity index (χ2n) is 5.49. The second-order valence-corrected chi connectivity index (χ2v) is 7.23. The zero-order chi connectivity index (χ0) is 15.2. The largest absolute Gasteiger partial charge is 0.393 e. The minimum atomic E-state index is -3.49. The molecule has 1 unspecified atom stereocenters. The lowest BCUT2D eigenvalue weighted by Gasteiger charge is -2.16. The summed E-state index contributed by atoms with van der Waals surface area (Å²) in [6, 6.07) is 6.87. The van der Waals surface area contributed by atoms with Gasteiger partial charge >= 0.3 is 0 Å². The average Bonchev–Trinajstić information content (AvgIpc) is 2.36. The summed E-state index contributed by atoms with van der Waals surface area (Å²) in [5.41, 5.74) is 0.671. The Morgan fingerprint density at radius 1 is 1.25 bits per heavy atom. The van der Waals surface area contributed by atoms with Crippen LogP contribution < -0.4 is 4.72 Å². The van der Waals surface area contributed by atoms with Crippen LogP contribution in [0.1, 0.15) is 39.2 Å². The molecule has 1 rings (SSSR count). The van der Waals surface area contributed by atoms with Crippen molar-refractivity contribution in [2.45, 2.75) is 51.0 Å². The van der Waals surface area contributed by atoms with Gasteiger partial charge < -0.3 is 5.11 Å². The van der Waals surface area contributed by atoms with E-state index in [1.165, 1.54) is 0 Å². The minimum Gasteiger partial charge on any atom is -0.393 e. The third-order valence-electron chi connectivity index (χ3n) is 3.00. The molecular weight excluding hydrogens is 274 g/mol. The van der Waals surface area contributed by atoms with Gasteiger partial charge in [-0.15, -0.1) is 0 Å². The van der Waals surface area contributed by atoms with E-state index in [-0.39, 0.29) is 4.90 Å². The smallest absolute Gasteiger partial charge is 0.240 e. The number of sulfonamides is 1. The number of nitrogens with one attached hydrogen (secondary N) is 1. The fraction of sp³-hybridized carbons (Fsp3) is 0.600. The molecule has 0 aliphatic heterocycles. The topological polar surface area (TPSA) is 66.4 Å². The zero-order valence-corrected chi connectivity index (χ0v) is 13.3. The second kappa shape index (κ2) is 7.76. The molecule has 0 saturated heterocycles. The van der Waals surface area contributed by atoms with Gasteiger partial charge in [0.15, 0.2) is 0 Å². The lowest BCUT2D eigenvalue weighted by Crippen LogP contribution is -2.26. The summed E-state index contributed by atoms with van der Waals surface area (Å²) in [6.07, 6.45) is 1.26. The lowest BCUT2D eigenvalue weighted by atomic mass is 10.00. The van der Waals surface area contributed by atoms with Crippen molar-refractivity contribution < 1.29 is 13.5 Å². The van der Waals surface area contributed by atoms with Crippen molar-refractivity contribution >= 4 is 10.0 Å². The highest BCUT2D eigenvalue weighted by Gasteiger charge is 2.19. The van der Waals surface area contributed by atoms with Crippen molar-refractivity contribution in [3.63, 3.8) is 0 Å². The molecule has 0 heterocycles. The van der Waals surface area contributed by atoms with Gasteiger partial charge in [-0.3, -0.25) is 0 Å². The molecule has 0 amide bonds. The maximum Gasteiger partial charge on any atom is 0.240 e. The molecule has 1 aromatic rings. The van der Waals surface area contributed by atoms with Gasteiger partial charge in [0, 0.05) is 6.54 Å². The van der Waals surface area contributed by atoms with Gasteiger partial charge in [-0.2, -0.15) is 0 Å². The van der Waals surface area contributed by atoms with Crippen LogP contribution in [0, 0.1) is 5.92 Å². The van der Waals surface area contributed by atoms with E-state index in [0.717, 1.165) is 6.42 Å². The van der Waals surface area contributed by atoms with E-state index in [1.54, 1.807) is 24.3 Å². The summed E-state index contributed by atoms with van der Waals surface area (Å²) in [6.45, 7) is 6.41. The molecule has 4 nitrogen and oxygen atoms in total. The van der Waals surface area contributed by atoms with Gasteiger partial charge in [0.25, 0.3) is 0 Å². The summed E-state index contributed by atoms with van der Waals surface area (Å²) in [5, 5.41) is 10.0. The van der Waals surface area contributed by atoms with Crippen molar-refractivity contribution in [3.8, 4) is 0 Å². The number of hydrogen-bond acceptors (Lipinski definition) is 3. The van der Waals surface area contributed by atoms with Crippen LogP contribution in [-0.2, 0) is 16.4 Å². The first kappa shape index (κ1) is 17.1. The Kier molecular flexibility index (Phi) is 6.65. The highest BCUT2D eigenvalue weighted by Crippen LogP contribution is 2.19. The van der Waals surface area contributed by atoms with Crippen LogP contribution in [-0.4, -0.2) is 26.2 Å². The highest BCUT2D eigenvalue weighted by molar-refractivity contribution is 7.89. The number of hydrogen-bond donors (Lipinski definition) is 2. The van der Waals surface area contributed by atoms with Gasteiger partial charge in [0.05, 0.1) is 11.0 Å².